The predicted molar refractivity (Wildman–Crippen MR) is 81.7 cm³/mol. The molecule has 5 nitrogen and oxygen atoms in total. The minimum absolute atomic E-state index is 0. The number of fused-ring (bicyclic) bond motifs is 1. The van der Waals surface area contributed by atoms with E-state index in [4.69, 9.17) is 0 Å². The van der Waals surface area contributed by atoms with Crippen molar-refractivity contribution < 1.29 is 4.79 Å². The molecule has 1 aliphatic rings. The molecule has 2 N–H and O–H groups in total. The zero-order chi connectivity index (χ0) is 13.2. The standard InChI is InChI=1S/C14H16N4O.ClH/c1-18-9-15-8-13(18)14(19)17-11-4-5-12-10(7-11)3-2-6-16-12;/h4-5,7-9,16H,2-3,6H2,1H3,(H,17,19);1H. The van der Waals surface area contributed by atoms with Crippen LogP contribution in [0.25, 0.3) is 0 Å². The van der Waals surface area contributed by atoms with Crippen molar-refractivity contribution in [1.29, 1.82) is 0 Å². The Kier molecular flexibility index (Phi) is 4.29. The van der Waals surface area contributed by atoms with E-state index >= 15 is 0 Å². The Bertz CT molecular complexity index is 623. The fraction of sp³-hybridized carbons (Fsp3) is 0.286. The summed E-state index contributed by atoms with van der Waals surface area (Å²) in [6.07, 6.45) is 5.37. The largest absolute Gasteiger partial charge is 0.385 e. The van der Waals surface area contributed by atoms with Crippen molar-refractivity contribution in [2.24, 2.45) is 7.05 Å². The highest BCUT2D eigenvalue weighted by Gasteiger charge is 2.12. The van der Waals surface area contributed by atoms with E-state index in [9.17, 15) is 4.79 Å². The van der Waals surface area contributed by atoms with E-state index in [2.05, 4.69) is 15.6 Å². The average molecular weight is 293 g/mol. The van der Waals surface area contributed by atoms with Crippen LogP contribution >= 0.6 is 12.4 Å². The van der Waals surface area contributed by atoms with Gasteiger partial charge in [-0.3, -0.25) is 4.79 Å². The first kappa shape index (κ1) is 14.4. The van der Waals surface area contributed by atoms with Crippen LogP contribution in [0.5, 0.6) is 0 Å². The molecule has 1 aliphatic heterocycles. The molecule has 1 amide bonds. The number of imidazole rings is 1. The van der Waals surface area contributed by atoms with Crippen molar-refractivity contribution in [2.75, 3.05) is 17.2 Å². The van der Waals surface area contributed by atoms with E-state index < -0.39 is 0 Å². The summed E-state index contributed by atoms with van der Waals surface area (Å²) < 4.78 is 1.70. The Morgan fingerprint density at radius 1 is 1.45 bits per heavy atom. The van der Waals surface area contributed by atoms with E-state index in [1.165, 1.54) is 11.3 Å². The van der Waals surface area contributed by atoms with Gasteiger partial charge in [-0.05, 0) is 36.6 Å². The molecule has 20 heavy (non-hydrogen) atoms. The molecule has 0 unspecified atom stereocenters. The smallest absolute Gasteiger partial charge is 0.273 e. The zero-order valence-corrected chi connectivity index (χ0v) is 12.0. The normalized spacial score (nSPS) is 12.8. The summed E-state index contributed by atoms with van der Waals surface area (Å²) in [5, 5.41) is 6.26. The van der Waals surface area contributed by atoms with Gasteiger partial charge in [0.05, 0.1) is 12.5 Å². The number of rotatable bonds is 2. The summed E-state index contributed by atoms with van der Waals surface area (Å²) in [7, 11) is 1.80. The van der Waals surface area contributed by atoms with Gasteiger partial charge in [0.15, 0.2) is 0 Å². The second-order valence-electron chi connectivity index (χ2n) is 4.75. The van der Waals surface area contributed by atoms with Crippen molar-refractivity contribution >= 4 is 29.7 Å². The van der Waals surface area contributed by atoms with Gasteiger partial charge in [-0.2, -0.15) is 0 Å². The molecule has 6 heteroatoms. The number of nitrogens with zero attached hydrogens (tertiary/aromatic N) is 2. The molecular formula is C14H17ClN4O. The van der Waals surface area contributed by atoms with Crippen LogP contribution in [0.4, 0.5) is 11.4 Å². The molecule has 2 aromatic rings. The lowest BCUT2D eigenvalue weighted by atomic mass is 10.0. The van der Waals surface area contributed by atoms with Crippen molar-refractivity contribution in [2.45, 2.75) is 12.8 Å². The van der Waals surface area contributed by atoms with Crippen LogP contribution < -0.4 is 10.6 Å². The number of amides is 1. The molecule has 2 heterocycles. The lowest BCUT2D eigenvalue weighted by Gasteiger charge is -2.18. The lowest BCUT2D eigenvalue weighted by Crippen LogP contribution is -2.16. The molecule has 0 aliphatic carbocycles. The summed E-state index contributed by atoms with van der Waals surface area (Å²) in [5.41, 5.74) is 3.81. The Morgan fingerprint density at radius 2 is 2.30 bits per heavy atom. The third-order valence-electron chi connectivity index (χ3n) is 3.35. The lowest BCUT2D eigenvalue weighted by molar-refractivity contribution is 0.101. The Balaban J connectivity index is 0.00000147. The maximum Gasteiger partial charge on any atom is 0.273 e. The maximum atomic E-state index is 12.1. The first-order chi connectivity index (χ1) is 9.24. The van der Waals surface area contributed by atoms with Crippen molar-refractivity contribution in [3.8, 4) is 0 Å². The first-order valence-corrected chi connectivity index (χ1v) is 6.38. The predicted octanol–water partition coefficient (Wildman–Crippen LogP) is 2.45. The SMILES string of the molecule is Cl.Cn1cncc1C(=O)Nc1ccc2c(c1)CCCN2. The van der Waals surface area contributed by atoms with Crippen LogP contribution in [-0.4, -0.2) is 22.0 Å². The van der Waals surface area contributed by atoms with Gasteiger partial charge in [-0.1, -0.05) is 0 Å². The molecule has 0 radical (unpaired) electrons. The minimum Gasteiger partial charge on any atom is -0.385 e. The monoisotopic (exact) mass is 292 g/mol. The second-order valence-corrected chi connectivity index (χ2v) is 4.75. The molecule has 0 saturated carbocycles. The van der Waals surface area contributed by atoms with Crippen LogP contribution in [0.3, 0.4) is 0 Å². The van der Waals surface area contributed by atoms with Crippen molar-refractivity contribution in [3.63, 3.8) is 0 Å². The van der Waals surface area contributed by atoms with Crippen molar-refractivity contribution in [3.05, 3.63) is 42.0 Å². The fourth-order valence-electron chi connectivity index (χ4n) is 2.32. The maximum absolute atomic E-state index is 12.1. The summed E-state index contributed by atoms with van der Waals surface area (Å²) in [5.74, 6) is -0.135. The first-order valence-electron chi connectivity index (χ1n) is 6.38. The topological polar surface area (TPSA) is 59.0 Å². The number of carbonyl (C=O) groups excluding carboxylic acids is 1. The number of hydrogen-bond donors (Lipinski definition) is 2. The Labute approximate surface area is 123 Å². The van der Waals surface area contributed by atoms with Crippen LogP contribution in [0.2, 0.25) is 0 Å². The van der Waals surface area contributed by atoms with Crippen LogP contribution in [0, 0.1) is 0 Å². The Morgan fingerprint density at radius 3 is 3.05 bits per heavy atom. The molecule has 0 bridgehead atoms. The zero-order valence-electron chi connectivity index (χ0n) is 11.2. The summed E-state index contributed by atoms with van der Waals surface area (Å²) in [6.45, 7) is 1.02. The highest BCUT2D eigenvalue weighted by atomic mass is 35.5. The molecule has 0 atom stereocenters. The van der Waals surface area contributed by atoms with Gasteiger partial charge in [-0.15, -0.1) is 12.4 Å². The molecule has 1 aromatic carbocycles. The van der Waals surface area contributed by atoms with E-state index in [-0.39, 0.29) is 18.3 Å². The highest BCUT2D eigenvalue weighted by Crippen LogP contribution is 2.25. The molecule has 3 rings (SSSR count). The molecule has 106 valence electrons. The van der Waals surface area contributed by atoms with Crippen molar-refractivity contribution in [1.82, 2.24) is 9.55 Å². The molecule has 0 saturated heterocycles. The van der Waals surface area contributed by atoms with Crippen LogP contribution in [0.1, 0.15) is 22.5 Å². The number of benzene rings is 1. The quantitative estimate of drug-likeness (QED) is 0.894. The minimum atomic E-state index is -0.135. The summed E-state index contributed by atoms with van der Waals surface area (Å²) >= 11 is 0. The van der Waals surface area contributed by atoms with E-state index in [0.717, 1.165) is 25.1 Å². The molecule has 0 fully saturated rings. The number of carbonyl (C=O) groups is 1. The average Bonchev–Trinajstić information content (AvgIpc) is 2.85. The van der Waals surface area contributed by atoms with Crippen LogP contribution in [-0.2, 0) is 13.5 Å². The number of aryl methyl sites for hydroxylation is 2. The van der Waals surface area contributed by atoms with Gasteiger partial charge in [0, 0.05) is 25.0 Å². The number of hydrogen-bond acceptors (Lipinski definition) is 3. The Hall–Kier alpha value is -2.01. The third-order valence-corrected chi connectivity index (χ3v) is 3.35. The number of aromatic nitrogens is 2. The van der Waals surface area contributed by atoms with E-state index in [1.807, 2.05) is 18.2 Å². The highest BCUT2D eigenvalue weighted by molar-refractivity contribution is 6.03. The van der Waals surface area contributed by atoms with Gasteiger partial charge < -0.3 is 15.2 Å². The number of anilines is 2. The summed E-state index contributed by atoms with van der Waals surface area (Å²) in [6, 6.07) is 5.98. The van der Waals surface area contributed by atoms with Gasteiger partial charge in [0.25, 0.3) is 5.91 Å². The van der Waals surface area contributed by atoms with Crippen LogP contribution in [0.15, 0.2) is 30.7 Å². The summed E-state index contributed by atoms with van der Waals surface area (Å²) in [4.78, 5) is 16.0. The fourth-order valence-corrected chi connectivity index (χ4v) is 2.32. The van der Waals surface area contributed by atoms with E-state index in [0.29, 0.717) is 5.69 Å². The van der Waals surface area contributed by atoms with Gasteiger partial charge in [0.1, 0.15) is 5.69 Å². The molecule has 0 spiro atoms. The molecular weight excluding hydrogens is 276 g/mol. The number of halogens is 1. The number of nitrogens with one attached hydrogen (secondary N) is 2. The second kappa shape index (κ2) is 5.96. The van der Waals surface area contributed by atoms with Gasteiger partial charge in [-0.25, -0.2) is 4.98 Å². The van der Waals surface area contributed by atoms with E-state index in [1.54, 1.807) is 24.1 Å². The van der Waals surface area contributed by atoms with Gasteiger partial charge >= 0.3 is 0 Å². The van der Waals surface area contributed by atoms with Gasteiger partial charge in [0.2, 0.25) is 0 Å². The third kappa shape index (κ3) is 2.77. The molecule has 1 aromatic heterocycles.